The molecule has 0 radical (unpaired) electrons. The SMILES string of the molecule is C=C(CC(=O)OC(C(=O)OC1CCCCC1)C1CCCC1)C(=O)OC(C(=O)OC1CCCCC1)C1CCCC1. The Kier molecular flexibility index (Phi) is 11.3. The second-order valence-electron chi connectivity index (χ2n) is 12.0. The molecule has 218 valence electrons. The number of hydrogen-bond acceptors (Lipinski definition) is 8. The first-order chi connectivity index (χ1) is 18.9. The Labute approximate surface area is 232 Å². The van der Waals surface area contributed by atoms with Gasteiger partial charge in [-0.05, 0) is 77.0 Å². The maximum absolute atomic E-state index is 13.0. The fourth-order valence-electron chi connectivity index (χ4n) is 6.65. The summed E-state index contributed by atoms with van der Waals surface area (Å²) in [5.74, 6) is -2.66. The highest BCUT2D eigenvalue weighted by Gasteiger charge is 2.39. The molecule has 4 aliphatic carbocycles. The predicted molar refractivity (Wildman–Crippen MR) is 143 cm³/mol. The number of esters is 4. The van der Waals surface area contributed by atoms with E-state index in [-0.39, 0.29) is 29.6 Å². The lowest BCUT2D eigenvalue weighted by molar-refractivity contribution is -0.177. The van der Waals surface area contributed by atoms with Crippen LogP contribution in [0.3, 0.4) is 0 Å². The zero-order valence-electron chi connectivity index (χ0n) is 23.4. The van der Waals surface area contributed by atoms with Crippen molar-refractivity contribution in [2.24, 2.45) is 11.8 Å². The van der Waals surface area contributed by atoms with E-state index >= 15 is 0 Å². The lowest BCUT2D eigenvalue weighted by Gasteiger charge is -2.27. The summed E-state index contributed by atoms with van der Waals surface area (Å²) < 4.78 is 22.8. The van der Waals surface area contributed by atoms with Gasteiger partial charge < -0.3 is 18.9 Å². The van der Waals surface area contributed by atoms with E-state index in [1.54, 1.807) is 0 Å². The smallest absolute Gasteiger partial charge is 0.348 e. The first kappa shape index (κ1) is 29.6. The van der Waals surface area contributed by atoms with Crippen LogP contribution in [0.4, 0.5) is 0 Å². The van der Waals surface area contributed by atoms with Crippen molar-refractivity contribution in [1.29, 1.82) is 0 Å². The van der Waals surface area contributed by atoms with Crippen molar-refractivity contribution in [3.63, 3.8) is 0 Å². The van der Waals surface area contributed by atoms with Crippen molar-refractivity contribution in [3.8, 4) is 0 Å². The van der Waals surface area contributed by atoms with Crippen molar-refractivity contribution in [2.75, 3.05) is 0 Å². The van der Waals surface area contributed by atoms with Crippen molar-refractivity contribution in [2.45, 2.75) is 146 Å². The minimum absolute atomic E-state index is 0.0773. The third-order valence-electron chi connectivity index (χ3n) is 8.93. The standard InChI is InChI=1S/C31H46O8/c1-21(29(33)39-28(23-14-10-11-15-23)31(35)37-25-18-6-3-7-19-25)20-26(32)38-27(22-12-8-9-13-22)30(34)36-24-16-4-2-5-17-24/h22-25,27-28H,1-20H2. The molecule has 0 aromatic rings. The molecular formula is C31H46O8. The van der Waals surface area contributed by atoms with Crippen molar-refractivity contribution in [3.05, 3.63) is 12.2 Å². The molecule has 0 aromatic carbocycles. The summed E-state index contributed by atoms with van der Waals surface area (Å²) in [5.41, 5.74) is -0.0979. The van der Waals surface area contributed by atoms with Crippen LogP contribution in [-0.2, 0) is 38.1 Å². The third kappa shape index (κ3) is 8.81. The van der Waals surface area contributed by atoms with E-state index in [0.29, 0.717) is 0 Å². The summed E-state index contributed by atoms with van der Waals surface area (Å²) >= 11 is 0. The van der Waals surface area contributed by atoms with E-state index < -0.39 is 42.5 Å². The summed E-state index contributed by atoms with van der Waals surface area (Å²) in [7, 11) is 0. The quantitative estimate of drug-likeness (QED) is 0.179. The van der Waals surface area contributed by atoms with Crippen LogP contribution in [0.15, 0.2) is 12.2 Å². The summed E-state index contributed by atoms with van der Waals surface area (Å²) in [6.45, 7) is 3.75. The Morgan fingerprint density at radius 3 is 1.38 bits per heavy atom. The van der Waals surface area contributed by atoms with Crippen LogP contribution in [0, 0.1) is 11.8 Å². The van der Waals surface area contributed by atoms with Crippen LogP contribution < -0.4 is 0 Å². The predicted octanol–water partition coefficient (Wildman–Crippen LogP) is 5.89. The Balaban J connectivity index is 1.31. The number of ether oxygens (including phenoxy) is 4. The number of carbonyl (C=O) groups is 4. The van der Waals surface area contributed by atoms with Gasteiger partial charge in [-0.15, -0.1) is 0 Å². The van der Waals surface area contributed by atoms with Crippen molar-refractivity contribution in [1.82, 2.24) is 0 Å². The number of rotatable bonds is 11. The average molecular weight is 547 g/mol. The van der Waals surface area contributed by atoms with Crippen molar-refractivity contribution < 1.29 is 38.1 Å². The highest BCUT2D eigenvalue weighted by Crippen LogP contribution is 2.33. The minimum Gasteiger partial charge on any atom is -0.460 e. The van der Waals surface area contributed by atoms with E-state index in [2.05, 4.69) is 6.58 Å². The number of carbonyl (C=O) groups excluding carboxylic acids is 4. The van der Waals surface area contributed by atoms with Gasteiger partial charge in [0.1, 0.15) is 12.2 Å². The molecule has 0 heterocycles. The van der Waals surface area contributed by atoms with Gasteiger partial charge in [0.15, 0.2) is 0 Å². The zero-order valence-corrected chi connectivity index (χ0v) is 23.4. The molecule has 0 amide bonds. The fraction of sp³-hybridized carbons (Fsp3) is 0.806. The minimum atomic E-state index is -0.994. The third-order valence-corrected chi connectivity index (χ3v) is 8.93. The van der Waals surface area contributed by atoms with Gasteiger partial charge in [0.25, 0.3) is 0 Å². The van der Waals surface area contributed by atoms with E-state index in [1.165, 1.54) is 0 Å². The Morgan fingerprint density at radius 2 is 0.949 bits per heavy atom. The summed E-state index contributed by atoms with van der Waals surface area (Å²) in [4.78, 5) is 51.9. The molecule has 2 atom stereocenters. The van der Waals surface area contributed by atoms with Gasteiger partial charge in [-0.3, -0.25) is 4.79 Å². The van der Waals surface area contributed by atoms with Gasteiger partial charge >= 0.3 is 23.9 Å². The molecule has 8 heteroatoms. The molecule has 0 saturated heterocycles. The van der Waals surface area contributed by atoms with Crippen LogP contribution in [-0.4, -0.2) is 48.3 Å². The molecule has 0 aromatic heterocycles. The molecule has 0 bridgehead atoms. The van der Waals surface area contributed by atoms with E-state index in [9.17, 15) is 19.2 Å². The number of hydrogen-bond donors (Lipinski definition) is 0. The van der Waals surface area contributed by atoms with Gasteiger partial charge in [-0.1, -0.05) is 45.1 Å². The molecule has 4 rings (SSSR count). The maximum Gasteiger partial charge on any atom is 0.348 e. The second kappa shape index (κ2) is 14.8. The molecule has 4 saturated carbocycles. The monoisotopic (exact) mass is 546 g/mol. The first-order valence-corrected chi connectivity index (χ1v) is 15.4. The van der Waals surface area contributed by atoms with Gasteiger partial charge in [-0.2, -0.15) is 0 Å². The fourth-order valence-corrected chi connectivity index (χ4v) is 6.65. The Hall–Kier alpha value is -2.38. The molecule has 0 N–H and O–H groups in total. The van der Waals surface area contributed by atoms with E-state index in [0.717, 1.165) is 116 Å². The van der Waals surface area contributed by atoms with E-state index in [4.69, 9.17) is 18.9 Å². The first-order valence-electron chi connectivity index (χ1n) is 15.4. The molecule has 0 spiro atoms. The van der Waals surface area contributed by atoms with Gasteiger partial charge in [-0.25, -0.2) is 14.4 Å². The lowest BCUT2D eigenvalue weighted by atomic mass is 9.97. The summed E-state index contributed by atoms with van der Waals surface area (Å²) in [5, 5.41) is 0. The highest BCUT2D eigenvalue weighted by molar-refractivity contribution is 5.95. The lowest BCUT2D eigenvalue weighted by Crippen LogP contribution is -2.39. The molecule has 0 aliphatic heterocycles. The molecule has 4 aliphatic rings. The molecule has 4 fully saturated rings. The van der Waals surface area contributed by atoms with E-state index in [1.807, 2.05) is 0 Å². The van der Waals surface area contributed by atoms with Gasteiger partial charge in [0.2, 0.25) is 12.2 Å². The normalized spacial score (nSPS) is 23.1. The molecule has 39 heavy (non-hydrogen) atoms. The topological polar surface area (TPSA) is 105 Å². The molecular weight excluding hydrogens is 500 g/mol. The van der Waals surface area contributed by atoms with Crippen LogP contribution >= 0.6 is 0 Å². The maximum atomic E-state index is 13.0. The van der Waals surface area contributed by atoms with Crippen molar-refractivity contribution >= 4 is 23.9 Å². The average Bonchev–Trinajstić information content (AvgIpc) is 3.66. The van der Waals surface area contributed by atoms with Crippen LogP contribution in [0.5, 0.6) is 0 Å². The van der Waals surface area contributed by atoms with Crippen LogP contribution in [0.2, 0.25) is 0 Å². The molecule has 8 nitrogen and oxygen atoms in total. The van der Waals surface area contributed by atoms with Crippen LogP contribution in [0.25, 0.3) is 0 Å². The zero-order chi connectivity index (χ0) is 27.6. The summed E-state index contributed by atoms with van der Waals surface area (Å²) in [6, 6.07) is 0. The van der Waals surface area contributed by atoms with Crippen LogP contribution in [0.1, 0.15) is 122 Å². The van der Waals surface area contributed by atoms with Gasteiger partial charge in [0.05, 0.1) is 6.42 Å². The Morgan fingerprint density at radius 1 is 0.564 bits per heavy atom. The molecule has 2 unspecified atom stereocenters. The summed E-state index contributed by atoms with van der Waals surface area (Å²) in [6.07, 6.45) is 14.2. The largest absolute Gasteiger partial charge is 0.460 e. The highest BCUT2D eigenvalue weighted by atomic mass is 16.6. The van der Waals surface area contributed by atoms with Gasteiger partial charge in [0, 0.05) is 17.4 Å². The Bertz CT molecular complexity index is 858. The second-order valence-corrected chi connectivity index (χ2v) is 12.0.